The molecule has 3 heterocycles. The smallest absolute Gasteiger partial charge is 0.253 e. The molecular formula is C27H23N5O2. The lowest BCUT2D eigenvalue weighted by atomic mass is 10.0. The van der Waals surface area contributed by atoms with Crippen molar-refractivity contribution in [3.05, 3.63) is 130 Å². The van der Waals surface area contributed by atoms with Crippen LogP contribution in [0.4, 0.5) is 0 Å². The van der Waals surface area contributed by atoms with Crippen molar-refractivity contribution in [2.24, 2.45) is 0 Å². The Balaban J connectivity index is 1.22. The summed E-state index contributed by atoms with van der Waals surface area (Å²) in [6.07, 6.45) is 5.79. The van der Waals surface area contributed by atoms with E-state index in [1.54, 1.807) is 35.3 Å². The summed E-state index contributed by atoms with van der Waals surface area (Å²) in [5.74, 6) is -0.190. The molecule has 7 nitrogen and oxygen atoms in total. The van der Waals surface area contributed by atoms with Crippen LogP contribution in [-0.2, 0) is 19.5 Å². The molecular weight excluding hydrogens is 426 g/mol. The van der Waals surface area contributed by atoms with Crippen LogP contribution in [0, 0.1) is 0 Å². The highest BCUT2D eigenvalue weighted by molar-refractivity contribution is 5.94. The lowest BCUT2D eigenvalue weighted by Gasteiger charge is -2.08. The molecule has 2 N–H and O–H groups in total. The van der Waals surface area contributed by atoms with Crippen LogP contribution in [0.5, 0.6) is 0 Å². The summed E-state index contributed by atoms with van der Waals surface area (Å²) < 4.78 is 1.67. The number of benzene rings is 2. The average molecular weight is 450 g/mol. The number of carbonyl (C=O) groups excluding carboxylic acids is 1. The number of hydrogen-bond donors (Lipinski definition) is 2. The van der Waals surface area contributed by atoms with Crippen molar-refractivity contribution < 1.29 is 4.79 Å². The fraction of sp³-hybridized carbons (Fsp3) is 0.111. The van der Waals surface area contributed by atoms with Crippen molar-refractivity contribution in [3.8, 4) is 0 Å². The Bertz CT molecular complexity index is 1500. The first-order valence-electron chi connectivity index (χ1n) is 11.0. The largest absolute Gasteiger partial charge is 0.346 e. The van der Waals surface area contributed by atoms with E-state index in [0.29, 0.717) is 25.1 Å². The third kappa shape index (κ3) is 4.78. The summed E-state index contributed by atoms with van der Waals surface area (Å²) in [4.78, 5) is 28.9. The van der Waals surface area contributed by atoms with Gasteiger partial charge in [-0.15, -0.1) is 0 Å². The first-order chi connectivity index (χ1) is 16.7. The van der Waals surface area contributed by atoms with Gasteiger partial charge in [0.05, 0.1) is 29.9 Å². The monoisotopic (exact) mass is 449 g/mol. The van der Waals surface area contributed by atoms with Gasteiger partial charge < -0.3 is 9.88 Å². The fourth-order valence-corrected chi connectivity index (χ4v) is 3.92. The molecule has 5 rings (SSSR count). The average Bonchev–Trinajstić information content (AvgIpc) is 3.28. The summed E-state index contributed by atoms with van der Waals surface area (Å²) in [6, 6.07) is 23.0. The van der Waals surface area contributed by atoms with E-state index < -0.39 is 0 Å². The zero-order chi connectivity index (χ0) is 23.3. The molecule has 0 spiro atoms. The molecule has 0 radical (unpaired) electrons. The van der Waals surface area contributed by atoms with Gasteiger partial charge in [0.1, 0.15) is 0 Å². The first-order valence-corrected chi connectivity index (χ1v) is 11.0. The van der Waals surface area contributed by atoms with Crippen molar-refractivity contribution >= 4 is 16.8 Å². The number of carbonyl (C=O) groups is 1. The van der Waals surface area contributed by atoms with Crippen molar-refractivity contribution in [2.45, 2.75) is 19.5 Å². The molecule has 34 heavy (non-hydrogen) atoms. The number of aromatic nitrogens is 4. The van der Waals surface area contributed by atoms with Crippen molar-refractivity contribution in [3.63, 3.8) is 0 Å². The Morgan fingerprint density at radius 1 is 0.912 bits per heavy atom. The minimum Gasteiger partial charge on any atom is -0.346 e. The Kier molecular flexibility index (Phi) is 5.99. The van der Waals surface area contributed by atoms with E-state index in [0.717, 1.165) is 33.3 Å². The number of nitrogens with one attached hydrogen (secondary N) is 2. The lowest BCUT2D eigenvalue weighted by molar-refractivity contribution is 0.0950. The molecule has 1 amide bonds. The van der Waals surface area contributed by atoms with Gasteiger partial charge in [-0.25, -0.2) is 0 Å². The van der Waals surface area contributed by atoms with E-state index in [1.165, 1.54) is 0 Å². The topological polar surface area (TPSA) is 92.7 Å². The number of pyridine rings is 2. The van der Waals surface area contributed by atoms with Crippen LogP contribution >= 0.6 is 0 Å². The number of para-hydroxylation sites is 1. The summed E-state index contributed by atoms with van der Waals surface area (Å²) in [5.41, 5.74) is 5.33. The second kappa shape index (κ2) is 9.54. The van der Waals surface area contributed by atoms with Crippen molar-refractivity contribution in [1.82, 2.24) is 25.1 Å². The van der Waals surface area contributed by atoms with Crippen LogP contribution < -0.4 is 10.9 Å². The number of rotatable bonds is 7. The number of fused-ring (bicyclic) bond motifs is 1. The molecule has 0 saturated heterocycles. The highest BCUT2D eigenvalue weighted by Gasteiger charge is 2.10. The maximum Gasteiger partial charge on any atom is 0.253 e. The van der Waals surface area contributed by atoms with E-state index >= 15 is 0 Å². The van der Waals surface area contributed by atoms with Crippen LogP contribution in [0.15, 0.2) is 96.2 Å². The van der Waals surface area contributed by atoms with Gasteiger partial charge in [0.2, 0.25) is 0 Å². The second-order valence-corrected chi connectivity index (χ2v) is 8.14. The Labute approximate surface area is 196 Å². The van der Waals surface area contributed by atoms with Gasteiger partial charge in [0.25, 0.3) is 11.5 Å². The van der Waals surface area contributed by atoms with E-state index in [-0.39, 0.29) is 11.5 Å². The van der Waals surface area contributed by atoms with Crippen LogP contribution in [-0.4, -0.2) is 25.7 Å². The van der Waals surface area contributed by atoms with Crippen LogP contribution in [0.2, 0.25) is 0 Å². The lowest BCUT2D eigenvalue weighted by Crippen LogP contribution is -2.23. The molecule has 0 aliphatic rings. The molecule has 3 aromatic heterocycles. The van der Waals surface area contributed by atoms with E-state index in [9.17, 15) is 9.59 Å². The summed E-state index contributed by atoms with van der Waals surface area (Å²) in [6.45, 7) is 0.863. The molecule has 7 heteroatoms. The molecule has 5 aromatic rings. The van der Waals surface area contributed by atoms with Crippen molar-refractivity contribution in [2.75, 3.05) is 0 Å². The highest BCUT2D eigenvalue weighted by atomic mass is 16.1. The third-order valence-electron chi connectivity index (χ3n) is 5.71. The predicted molar refractivity (Wildman–Crippen MR) is 131 cm³/mol. The van der Waals surface area contributed by atoms with E-state index in [2.05, 4.69) is 20.5 Å². The first kappa shape index (κ1) is 21.3. The summed E-state index contributed by atoms with van der Waals surface area (Å²) in [7, 11) is 0. The number of hydrogen-bond acceptors (Lipinski definition) is 4. The summed E-state index contributed by atoms with van der Waals surface area (Å²) >= 11 is 0. The SMILES string of the molecule is O=C(NCc1n[nH]c2ccccc12)c1cncc(Cc2ccc(Cn3ccccc3=O)cc2)c1. The zero-order valence-electron chi connectivity index (χ0n) is 18.4. The van der Waals surface area contributed by atoms with E-state index in [4.69, 9.17) is 0 Å². The van der Waals surface area contributed by atoms with Gasteiger partial charge in [-0.05, 0) is 41.3 Å². The number of nitrogens with zero attached hydrogens (tertiary/aromatic N) is 3. The van der Waals surface area contributed by atoms with Gasteiger partial charge in [-0.2, -0.15) is 5.10 Å². The molecule has 168 valence electrons. The van der Waals surface area contributed by atoms with Crippen LogP contribution in [0.3, 0.4) is 0 Å². The van der Waals surface area contributed by atoms with Gasteiger partial charge in [0, 0.05) is 30.0 Å². The van der Waals surface area contributed by atoms with Gasteiger partial charge in [-0.1, -0.05) is 48.5 Å². The van der Waals surface area contributed by atoms with E-state index in [1.807, 2.05) is 60.7 Å². The summed E-state index contributed by atoms with van der Waals surface area (Å²) in [5, 5.41) is 11.2. The Morgan fingerprint density at radius 2 is 1.71 bits per heavy atom. The predicted octanol–water partition coefficient (Wildman–Crippen LogP) is 3.69. The molecule has 0 fully saturated rings. The molecule has 0 bridgehead atoms. The third-order valence-corrected chi connectivity index (χ3v) is 5.71. The molecule has 0 saturated carbocycles. The minimum absolute atomic E-state index is 0.0202. The molecule has 0 atom stereocenters. The standard InChI is InChI=1S/C27H23N5O2/c33-26-7-3-4-12-32(26)18-20-10-8-19(9-11-20)13-21-14-22(16-28-15-21)27(34)29-17-25-23-5-1-2-6-24(23)30-31-25/h1-12,14-16H,13,17-18H2,(H,29,34)(H,30,31). The maximum atomic E-state index is 12.7. The second-order valence-electron chi connectivity index (χ2n) is 8.14. The number of amides is 1. The highest BCUT2D eigenvalue weighted by Crippen LogP contribution is 2.15. The fourth-order valence-electron chi connectivity index (χ4n) is 3.92. The molecule has 0 aliphatic heterocycles. The van der Waals surface area contributed by atoms with Gasteiger partial charge in [0.15, 0.2) is 0 Å². The van der Waals surface area contributed by atoms with Crippen molar-refractivity contribution in [1.29, 1.82) is 0 Å². The maximum absolute atomic E-state index is 12.7. The van der Waals surface area contributed by atoms with Gasteiger partial charge in [-0.3, -0.25) is 19.7 Å². The van der Waals surface area contributed by atoms with Crippen LogP contribution in [0.25, 0.3) is 10.9 Å². The quantitative estimate of drug-likeness (QED) is 0.396. The molecule has 0 unspecified atom stereocenters. The van der Waals surface area contributed by atoms with Crippen LogP contribution in [0.1, 0.15) is 32.7 Å². The Hall–Kier alpha value is -4.52. The Morgan fingerprint density at radius 3 is 2.56 bits per heavy atom. The normalized spacial score (nSPS) is 10.9. The molecule has 0 aliphatic carbocycles. The minimum atomic E-state index is -0.190. The zero-order valence-corrected chi connectivity index (χ0v) is 18.4. The number of aromatic amines is 1. The molecule has 2 aromatic carbocycles. The number of H-pyrrole nitrogens is 1. The van der Waals surface area contributed by atoms with Gasteiger partial charge >= 0.3 is 0 Å².